The first-order valence-electron chi connectivity index (χ1n) is 4.89. The van der Waals surface area contributed by atoms with Crippen molar-refractivity contribution in [2.24, 2.45) is 0 Å². The predicted octanol–water partition coefficient (Wildman–Crippen LogP) is 3.13. The Morgan fingerprint density at radius 3 is 2.47 bits per heavy atom. The molecule has 0 saturated heterocycles. The van der Waals surface area contributed by atoms with Gasteiger partial charge in [-0.2, -0.15) is 0 Å². The van der Waals surface area contributed by atoms with Crippen molar-refractivity contribution in [2.45, 2.75) is 26.4 Å². The number of alkyl halides is 1. The maximum atomic E-state index is 13.2. The largest absolute Gasteiger partial charge is 0.493 e. The zero-order valence-corrected chi connectivity index (χ0v) is 9.63. The minimum Gasteiger partial charge on any atom is -0.493 e. The van der Waals surface area contributed by atoms with Crippen LogP contribution in [-0.2, 0) is 0 Å². The van der Waals surface area contributed by atoms with Crippen LogP contribution in [0.3, 0.4) is 0 Å². The number of methoxy groups -OCH3 is 1. The highest BCUT2D eigenvalue weighted by molar-refractivity contribution is 5.42. The van der Waals surface area contributed by atoms with Gasteiger partial charge in [0.2, 0.25) is 0 Å². The molecular formula is C12H17FO2. The third-order valence-corrected chi connectivity index (χ3v) is 1.89. The standard InChI is InChI=1S/C12H17FO2/c1-9-5-6-10(11(7-9)14-4)15-8-12(2,3)13/h5-7H,8H2,1-4H3. The van der Waals surface area contributed by atoms with Crippen molar-refractivity contribution in [3.05, 3.63) is 23.8 Å². The van der Waals surface area contributed by atoms with E-state index in [1.54, 1.807) is 13.2 Å². The number of ether oxygens (including phenoxy) is 2. The van der Waals surface area contributed by atoms with Gasteiger partial charge in [0.15, 0.2) is 11.5 Å². The zero-order chi connectivity index (χ0) is 11.5. The van der Waals surface area contributed by atoms with Gasteiger partial charge in [0.05, 0.1) is 7.11 Å². The molecule has 0 radical (unpaired) electrons. The highest BCUT2D eigenvalue weighted by Crippen LogP contribution is 2.28. The van der Waals surface area contributed by atoms with Gasteiger partial charge in [-0.05, 0) is 38.5 Å². The molecule has 0 aromatic heterocycles. The Morgan fingerprint density at radius 1 is 1.27 bits per heavy atom. The molecule has 1 aromatic rings. The normalized spacial score (nSPS) is 11.3. The smallest absolute Gasteiger partial charge is 0.161 e. The number of hydrogen-bond acceptors (Lipinski definition) is 2. The number of aryl methyl sites for hydroxylation is 1. The fourth-order valence-electron chi connectivity index (χ4n) is 1.14. The van der Waals surface area contributed by atoms with Crippen molar-refractivity contribution < 1.29 is 13.9 Å². The summed E-state index contributed by atoms with van der Waals surface area (Å²) in [6, 6.07) is 5.56. The third-order valence-electron chi connectivity index (χ3n) is 1.89. The molecule has 0 bridgehead atoms. The van der Waals surface area contributed by atoms with Crippen LogP contribution in [0.2, 0.25) is 0 Å². The fraction of sp³-hybridized carbons (Fsp3) is 0.500. The minimum atomic E-state index is -1.34. The van der Waals surface area contributed by atoms with Crippen LogP contribution >= 0.6 is 0 Å². The first-order valence-corrected chi connectivity index (χ1v) is 4.89. The van der Waals surface area contributed by atoms with E-state index in [-0.39, 0.29) is 6.61 Å². The topological polar surface area (TPSA) is 18.5 Å². The summed E-state index contributed by atoms with van der Waals surface area (Å²) in [5, 5.41) is 0. The average Bonchev–Trinajstić information content (AvgIpc) is 2.14. The number of hydrogen-bond donors (Lipinski definition) is 0. The quantitative estimate of drug-likeness (QED) is 0.763. The molecule has 0 atom stereocenters. The second-order valence-electron chi connectivity index (χ2n) is 4.16. The number of benzene rings is 1. The molecule has 0 unspecified atom stereocenters. The maximum absolute atomic E-state index is 13.2. The maximum Gasteiger partial charge on any atom is 0.161 e. The molecule has 0 aliphatic carbocycles. The summed E-state index contributed by atoms with van der Waals surface area (Å²) in [5.74, 6) is 1.22. The molecular weight excluding hydrogens is 195 g/mol. The van der Waals surface area contributed by atoms with E-state index in [1.807, 2.05) is 19.1 Å². The molecule has 0 N–H and O–H groups in total. The van der Waals surface area contributed by atoms with Gasteiger partial charge >= 0.3 is 0 Å². The lowest BCUT2D eigenvalue weighted by Gasteiger charge is -2.17. The molecule has 0 saturated carbocycles. The fourth-order valence-corrected chi connectivity index (χ4v) is 1.14. The Bertz CT molecular complexity index is 329. The van der Waals surface area contributed by atoms with Crippen LogP contribution in [-0.4, -0.2) is 19.4 Å². The Kier molecular flexibility index (Phi) is 3.56. The molecule has 0 heterocycles. The van der Waals surface area contributed by atoms with Gasteiger partial charge in [-0.25, -0.2) is 4.39 Å². The summed E-state index contributed by atoms with van der Waals surface area (Å²) in [6.45, 7) is 4.94. The number of halogens is 1. The lowest BCUT2D eigenvalue weighted by atomic mass is 10.2. The first kappa shape index (κ1) is 11.8. The first-order chi connectivity index (χ1) is 6.92. The highest BCUT2D eigenvalue weighted by Gasteiger charge is 2.17. The van der Waals surface area contributed by atoms with Crippen molar-refractivity contribution in [1.29, 1.82) is 0 Å². The van der Waals surface area contributed by atoms with E-state index >= 15 is 0 Å². The van der Waals surface area contributed by atoms with Crippen molar-refractivity contribution >= 4 is 0 Å². The molecule has 2 nitrogen and oxygen atoms in total. The van der Waals surface area contributed by atoms with E-state index in [0.29, 0.717) is 11.5 Å². The summed E-state index contributed by atoms with van der Waals surface area (Å²) in [5.41, 5.74) is -0.255. The molecule has 3 heteroatoms. The van der Waals surface area contributed by atoms with E-state index in [1.165, 1.54) is 13.8 Å². The Hall–Kier alpha value is -1.25. The monoisotopic (exact) mass is 212 g/mol. The SMILES string of the molecule is COc1cc(C)ccc1OCC(C)(C)F. The minimum absolute atomic E-state index is 0.0203. The average molecular weight is 212 g/mol. The second-order valence-corrected chi connectivity index (χ2v) is 4.16. The predicted molar refractivity (Wildman–Crippen MR) is 58.4 cm³/mol. The van der Waals surface area contributed by atoms with Crippen molar-refractivity contribution in [3.63, 3.8) is 0 Å². The van der Waals surface area contributed by atoms with Gasteiger partial charge in [0.25, 0.3) is 0 Å². The molecule has 0 fully saturated rings. The molecule has 0 aliphatic rings. The van der Waals surface area contributed by atoms with Crippen molar-refractivity contribution in [1.82, 2.24) is 0 Å². The van der Waals surface area contributed by atoms with Gasteiger partial charge in [0, 0.05) is 0 Å². The third kappa shape index (κ3) is 3.78. The molecule has 1 rings (SSSR count). The summed E-state index contributed by atoms with van der Waals surface area (Å²) in [6.07, 6.45) is 0. The van der Waals surface area contributed by atoms with Crippen LogP contribution in [0, 0.1) is 6.92 Å². The van der Waals surface area contributed by atoms with Crippen LogP contribution < -0.4 is 9.47 Å². The Labute approximate surface area is 90.0 Å². The van der Waals surface area contributed by atoms with E-state index in [4.69, 9.17) is 9.47 Å². The molecule has 0 amide bonds. The van der Waals surface area contributed by atoms with Gasteiger partial charge in [-0.1, -0.05) is 6.07 Å². The Morgan fingerprint density at radius 2 is 1.93 bits per heavy atom. The molecule has 1 aromatic carbocycles. The molecule has 84 valence electrons. The van der Waals surface area contributed by atoms with Gasteiger partial charge in [-0.3, -0.25) is 0 Å². The highest BCUT2D eigenvalue weighted by atomic mass is 19.1. The van der Waals surface area contributed by atoms with E-state index in [0.717, 1.165) is 5.56 Å². The van der Waals surface area contributed by atoms with Crippen molar-refractivity contribution in [3.8, 4) is 11.5 Å². The van der Waals surface area contributed by atoms with E-state index in [9.17, 15) is 4.39 Å². The van der Waals surface area contributed by atoms with E-state index in [2.05, 4.69) is 0 Å². The lowest BCUT2D eigenvalue weighted by molar-refractivity contribution is 0.118. The molecule has 15 heavy (non-hydrogen) atoms. The van der Waals surface area contributed by atoms with Gasteiger partial charge < -0.3 is 9.47 Å². The van der Waals surface area contributed by atoms with Gasteiger partial charge in [0.1, 0.15) is 12.3 Å². The van der Waals surface area contributed by atoms with Crippen LogP contribution in [0.5, 0.6) is 11.5 Å². The van der Waals surface area contributed by atoms with E-state index < -0.39 is 5.67 Å². The second kappa shape index (κ2) is 4.51. The molecule has 0 spiro atoms. The summed E-state index contributed by atoms with van der Waals surface area (Å²) in [7, 11) is 1.57. The Balaban J connectivity index is 2.76. The number of rotatable bonds is 4. The summed E-state index contributed by atoms with van der Waals surface area (Å²) < 4.78 is 23.7. The van der Waals surface area contributed by atoms with Gasteiger partial charge in [-0.15, -0.1) is 0 Å². The molecule has 0 aliphatic heterocycles. The van der Waals surface area contributed by atoms with Crippen LogP contribution in [0.15, 0.2) is 18.2 Å². The van der Waals surface area contributed by atoms with Crippen LogP contribution in [0.4, 0.5) is 4.39 Å². The summed E-state index contributed by atoms with van der Waals surface area (Å²) in [4.78, 5) is 0. The van der Waals surface area contributed by atoms with Crippen LogP contribution in [0.25, 0.3) is 0 Å². The lowest BCUT2D eigenvalue weighted by Crippen LogP contribution is -2.22. The zero-order valence-electron chi connectivity index (χ0n) is 9.63. The van der Waals surface area contributed by atoms with Crippen molar-refractivity contribution in [2.75, 3.05) is 13.7 Å². The summed E-state index contributed by atoms with van der Waals surface area (Å²) >= 11 is 0. The van der Waals surface area contributed by atoms with Crippen LogP contribution in [0.1, 0.15) is 19.4 Å².